The molecule has 0 radical (unpaired) electrons. The first-order valence-electron chi connectivity index (χ1n) is 6.67. The van der Waals surface area contributed by atoms with Crippen LogP contribution >= 0.6 is 22.9 Å². The molecule has 2 nitrogen and oxygen atoms in total. The van der Waals surface area contributed by atoms with E-state index in [2.05, 4.69) is 41.3 Å². The second-order valence-electron chi connectivity index (χ2n) is 4.65. The first-order valence-corrected chi connectivity index (χ1v) is 8.02. The number of nitrogens with one attached hydrogen (secondary N) is 1. The van der Waals surface area contributed by atoms with Crippen molar-refractivity contribution in [2.24, 2.45) is 4.99 Å². The van der Waals surface area contributed by atoms with Crippen LogP contribution in [-0.2, 0) is 0 Å². The summed E-state index contributed by atoms with van der Waals surface area (Å²) < 4.78 is 1.22. The third-order valence-corrected chi connectivity index (χ3v) is 4.81. The molecule has 1 atom stereocenters. The fourth-order valence-corrected chi connectivity index (χ4v) is 3.92. The zero-order valence-electron chi connectivity index (χ0n) is 11.4. The number of aliphatic imine (C=N–C) groups is 1. The largest absolute Gasteiger partial charge is 0.292 e. The molecule has 0 saturated carbocycles. The fraction of sp³-hybridized carbons (Fsp3) is 0.118. The Morgan fingerprint density at radius 3 is 2.52 bits per heavy atom. The summed E-state index contributed by atoms with van der Waals surface area (Å²) in [6.07, 6.45) is 0. The van der Waals surface area contributed by atoms with Crippen molar-refractivity contribution in [1.29, 1.82) is 0 Å². The number of hydrogen-bond donors (Lipinski definition) is 1. The molecule has 0 aliphatic heterocycles. The normalized spacial score (nSPS) is 12.4. The average Bonchev–Trinajstić information content (AvgIpc) is 2.91. The van der Waals surface area contributed by atoms with E-state index in [9.17, 15) is 0 Å². The SMILES string of the molecule is C=Nc1c(C(NCCl)c2ccccc2)sc2ccccc12. The van der Waals surface area contributed by atoms with E-state index in [-0.39, 0.29) is 6.04 Å². The molecule has 21 heavy (non-hydrogen) atoms. The van der Waals surface area contributed by atoms with Gasteiger partial charge in [0.15, 0.2) is 0 Å². The van der Waals surface area contributed by atoms with Crippen molar-refractivity contribution in [2.75, 3.05) is 6.00 Å². The van der Waals surface area contributed by atoms with Gasteiger partial charge >= 0.3 is 0 Å². The lowest BCUT2D eigenvalue weighted by molar-refractivity contribution is 0.686. The first kappa shape index (κ1) is 14.3. The summed E-state index contributed by atoms with van der Waals surface area (Å²) in [4.78, 5) is 5.42. The summed E-state index contributed by atoms with van der Waals surface area (Å²) in [5, 5.41) is 4.48. The van der Waals surface area contributed by atoms with Gasteiger partial charge in [0.05, 0.1) is 22.6 Å². The van der Waals surface area contributed by atoms with Gasteiger partial charge in [0.1, 0.15) is 0 Å². The van der Waals surface area contributed by atoms with Crippen LogP contribution < -0.4 is 5.32 Å². The standard InChI is InChI=1S/C17H15ClN2S/c1-19-16-13-9-5-6-10-14(13)21-17(16)15(20-11-18)12-7-3-2-4-8-12/h2-10,15,20H,1,11H2. The lowest BCUT2D eigenvalue weighted by Crippen LogP contribution is -2.20. The molecule has 0 aliphatic carbocycles. The number of fused-ring (bicyclic) bond motifs is 1. The molecule has 0 amide bonds. The molecule has 106 valence electrons. The topological polar surface area (TPSA) is 24.4 Å². The Kier molecular flexibility index (Phi) is 4.34. The van der Waals surface area contributed by atoms with Gasteiger partial charge in [-0.1, -0.05) is 48.5 Å². The van der Waals surface area contributed by atoms with Gasteiger partial charge in [-0.3, -0.25) is 10.3 Å². The average molecular weight is 315 g/mol. The van der Waals surface area contributed by atoms with Gasteiger partial charge in [0.2, 0.25) is 0 Å². The van der Waals surface area contributed by atoms with E-state index in [0.717, 1.165) is 16.0 Å². The van der Waals surface area contributed by atoms with E-state index in [1.807, 2.05) is 30.3 Å². The highest BCUT2D eigenvalue weighted by Crippen LogP contribution is 2.42. The Bertz CT molecular complexity index is 752. The minimum absolute atomic E-state index is 0.0293. The van der Waals surface area contributed by atoms with Crippen molar-refractivity contribution in [1.82, 2.24) is 5.32 Å². The number of alkyl halides is 1. The summed E-state index contributed by atoms with van der Waals surface area (Å²) >= 11 is 7.67. The maximum absolute atomic E-state index is 5.94. The van der Waals surface area contributed by atoms with E-state index < -0.39 is 0 Å². The molecular weight excluding hydrogens is 300 g/mol. The van der Waals surface area contributed by atoms with Gasteiger partial charge in [-0.25, -0.2) is 0 Å². The summed E-state index contributed by atoms with van der Waals surface area (Å²) in [7, 11) is 0. The highest BCUT2D eigenvalue weighted by molar-refractivity contribution is 7.19. The van der Waals surface area contributed by atoms with Crippen LogP contribution in [0.15, 0.2) is 59.6 Å². The van der Waals surface area contributed by atoms with Gasteiger partial charge in [0.25, 0.3) is 0 Å². The second kappa shape index (κ2) is 6.39. The minimum Gasteiger partial charge on any atom is -0.292 e. The number of thiophene rings is 1. The molecule has 3 rings (SSSR count). The lowest BCUT2D eigenvalue weighted by Gasteiger charge is -2.17. The van der Waals surface area contributed by atoms with Crippen LogP contribution in [0.2, 0.25) is 0 Å². The Morgan fingerprint density at radius 2 is 1.81 bits per heavy atom. The zero-order chi connectivity index (χ0) is 14.7. The number of nitrogens with zero attached hydrogens (tertiary/aromatic N) is 1. The Balaban J connectivity index is 2.17. The van der Waals surface area contributed by atoms with Crippen LogP contribution in [0, 0.1) is 0 Å². The van der Waals surface area contributed by atoms with Gasteiger partial charge in [-0.05, 0) is 18.3 Å². The minimum atomic E-state index is 0.0293. The molecule has 3 aromatic rings. The predicted molar refractivity (Wildman–Crippen MR) is 93.2 cm³/mol. The van der Waals surface area contributed by atoms with Gasteiger partial charge < -0.3 is 0 Å². The van der Waals surface area contributed by atoms with Gasteiger partial charge in [-0.2, -0.15) is 0 Å². The van der Waals surface area contributed by atoms with Crippen LogP contribution in [-0.4, -0.2) is 12.7 Å². The summed E-state index contributed by atoms with van der Waals surface area (Å²) in [5.74, 6) is 0. The van der Waals surface area contributed by atoms with Crippen molar-refractivity contribution in [3.63, 3.8) is 0 Å². The van der Waals surface area contributed by atoms with Crippen molar-refractivity contribution in [3.05, 3.63) is 65.0 Å². The molecule has 0 saturated heterocycles. The highest BCUT2D eigenvalue weighted by Gasteiger charge is 2.21. The number of hydrogen-bond acceptors (Lipinski definition) is 3. The molecule has 1 unspecified atom stereocenters. The van der Waals surface area contributed by atoms with Crippen LogP contribution in [0.5, 0.6) is 0 Å². The maximum atomic E-state index is 5.94. The third-order valence-electron chi connectivity index (χ3n) is 3.43. The first-order chi connectivity index (χ1) is 10.3. The zero-order valence-corrected chi connectivity index (χ0v) is 13.0. The molecule has 0 spiro atoms. The van der Waals surface area contributed by atoms with Crippen LogP contribution in [0.3, 0.4) is 0 Å². The summed E-state index contributed by atoms with van der Waals surface area (Å²) in [6, 6.07) is 19.0. The van der Waals surface area contributed by atoms with E-state index in [4.69, 9.17) is 11.6 Å². The third kappa shape index (κ3) is 2.72. The van der Waals surface area contributed by atoms with E-state index in [0.29, 0.717) is 6.00 Å². The predicted octanol–water partition coefficient (Wildman–Crippen LogP) is 5.11. The van der Waals surface area contributed by atoms with Crippen molar-refractivity contribution in [3.8, 4) is 0 Å². The molecule has 4 heteroatoms. The van der Waals surface area contributed by atoms with Gasteiger partial charge in [0, 0.05) is 10.1 Å². The molecule has 2 aromatic carbocycles. The maximum Gasteiger partial charge on any atom is 0.0859 e. The van der Waals surface area contributed by atoms with E-state index in [1.165, 1.54) is 10.3 Å². The molecule has 0 fully saturated rings. The molecule has 1 heterocycles. The van der Waals surface area contributed by atoms with Crippen LogP contribution in [0.25, 0.3) is 10.1 Å². The monoisotopic (exact) mass is 314 g/mol. The number of halogens is 1. The summed E-state index contributed by atoms with van der Waals surface area (Å²) in [5.41, 5.74) is 2.12. The molecular formula is C17H15ClN2S. The number of rotatable bonds is 5. The van der Waals surface area contributed by atoms with Gasteiger partial charge in [-0.15, -0.1) is 22.9 Å². The molecule has 0 aliphatic rings. The van der Waals surface area contributed by atoms with E-state index in [1.54, 1.807) is 11.3 Å². The smallest absolute Gasteiger partial charge is 0.0859 e. The molecule has 1 aromatic heterocycles. The Hall–Kier alpha value is -1.68. The van der Waals surface area contributed by atoms with Crippen LogP contribution in [0.1, 0.15) is 16.5 Å². The molecule has 1 N–H and O–H groups in total. The Labute approximate surface area is 133 Å². The second-order valence-corrected chi connectivity index (χ2v) is 6.00. The fourth-order valence-electron chi connectivity index (χ4n) is 2.49. The Morgan fingerprint density at radius 1 is 1.10 bits per heavy atom. The van der Waals surface area contributed by atoms with Crippen molar-refractivity contribution < 1.29 is 0 Å². The molecule has 0 bridgehead atoms. The quantitative estimate of drug-likeness (QED) is 0.395. The van der Waals surface area contributed by atoms with E-state index >= 15 is 0 Å². The lowest BCUT2D eigenvalue weighted by atomic mass is 10.0. The number of benzene rings is 2. The van der Waals surface area contributed by atoms with Crippen molar-refractivity contribution >= 4 is 45.4 Å². The highest BCUT2D eigenvalue weighted by atomic mass is 35.5. The van der Waals surface area contributed by atoms with Crippen molar-refractivity contribution in [2.45, 2.75) is 6.04 Å². The summed E-state index contributed by atoms with van der Waals surface area (Å²) in [6.45, 7) is 3.75. The van der Waals surface area contributed by atoms with Crippen LogP contribution in [0.4, 0.5) is 5.69 Å².